The maximum Gasteiger partial charge on any atom is 0.208 e. The third-order valence-electron chi connectivity index (χ3n) is 3.08. The number of nitrogens with zero attached hydrogens (tertiary/aromatic N) is 1. The molecule has 7 heteroatoms. The van der Waals surface area contributed by atoms with Gasteiger partial charge in [0, 0.05) is 24.2 Å². The molecule has 0 bridgehead atoms. The quantitative estimate of drug-likeness (QED) is 0.853. The van der Waals surface area contributed by atoms with E-state index in [2.05, 4.69) is 9.29 Å². The molecule has 1 aromatic carbocycles. The Balaban J connectivity index is 2.21. The molecule has 0 aliphatic heterocycles. The highest BCUT2D eigenvalue weighted by atomic mass is 35.5. The van der Waals surface area contributed by atoms with E-state index in [9.17, 15) is 8.42 Å². The summed E-state index contributed by atoms with van der Waals surface area (Å²) >= 11 is 12.3. The van der Waals surface area contributed by atoms with E-state index in [1.54, 1.807) is 6.07 Å². The maximum absolute atomic E-state index is 11.0. The predicted molar refractivity (Wildman–Crippen MR) is 84.2 cm³/mol. The molecule has 0 saturated carbocycles. The minimum absolute atomic E-state index is 0.399. The molecule has 1 aromatic heterocycles. The molecular formula is C13H16Cl2N2O2S. The minimum atomic E-state index is -3.14. The molecule has 1 heterocycles. The number of benzene rings is 1. The summed E-state index contributed by atoms with van der Waals surface area (Å²) in [5.41, 5.74) is 1.97. The van der Waals surface area contributed by atoms with Crippen molar-refractivity contribution in [2.45, 2.75) is 19.9 Å². The van der Waals surface area contributed by atoms with Crippen molar-refractivity contribution >= 4 is 44.1 Å². The second kappa shape index (κ2) is 5.93. The number of hydrogen-bond donors (Lipinski definition) is 1. The van der Waals surface area contributed by atoms with E-state index in [-0.39, 0.29) is 0 Å². The first-order chi connectivity index (χ1) is 9.29. The van der Waals surface area contributed by atoms with Crippen LogP contribution in [0.2, 0.25) is 10.0 Å². The zero-order valence-electron chi connectivity index (χ0n) is 11.3. The predicted octanol–water partition coefficient (Wildman–Crippen LogP) is 3.20. The van der Waals surface area contributed by atoms with Crippen LogP contribution in [0, 0.1) is 6.92 Å². The Labute approximate surface area is 128 Å². The largest absolute Gasteiger partial charge is 0.344 e. The lowest BCUT2D eigenvalue weighted by atomic mass is 10.2. The molecule has 0 radical (unpaired) electrons. The van der Waals surface area contributed by atoms with Gasteiger partial charge in [0.25, 0.3) is 0 Å². The van der Waals surface area contributed by atoms with Crippen LogP contribution in [0.25, 0.3) is 10.9 Å². The second-order valence-corrected chi connectivity index (χ2v) is 7.37. The van der Waals surface area contributed by atoms with E-state index in [1.807, 2.05) is 19.1 Å². The van der Waals surface area contributed by atoms with Crippen molar-refractivity contribution in [2.24, 2.45) is 0 Å². The molecule has 0 aliphatic carbocycles. The Hall–Kier alpha value is -0.750. The molecular weight excluding hydrogens is 319 g/mol. The number of nitrogens with one attached hydrogen (secondary N) is 1. The first-order valence-electron chi connectivity index (χ1n) is 6.18. The van der Waals surface area contributed by atoms with Crippen molar-refractivity contribution in [3.05, 3.63) is 33.9 Å². The van der Waals surface area contributed by atoms with Crippen molar-refractivity contribution in [1.82, 2.24) is 9.29 Å². The molecule has 2 aromatic rings. The highest BCUT2D eigenvalue weighted by molar-refractivity contribution is 7.88. The van der Waals surface area contributed by atoms with Crippen LogP contribution in [-0.4, -0.2) is 25.8 Å². The summed E-state index contributed by atoms with van der Waals surface area (Å²) in [5, 5.41) is 2.09. The molecule has 0 spiro atoms. The summed E-state index contributed by atoms with van der Waals surface area (Å²) in [6, 6.07) is 5.75. The Bertz CT molecular complexity index is 738. The van der Waals surface area contributed by atoms with E-state index < -0.39 is 10.0 Å². The molecule has 20 heavy (non-hydrogen) atoms. The van der Waals surface area contributed by atoms with Crippen molar-refractivity contribution in [2.75, 3.05) is 12.8 Å². The zero-order valence-corrected chi connectivity index (χ0v) is 13.6. The smallest absolute Gasteiger partial charge is 0.208 e. The third-order valence-corrected chi connectivity index (χ3v) is 4.61. The average Bonchev–Trinajstić information content (AvgIpc) is 2.66. The molecule has 0 aliphatic rings. The third kappa shape index (κ3) is 3.47. The van der Waals surface area contributed by atoms with Crippen molar-refractivity contribution in [3.63, 3.8) is 0 Å². The Morgan fingerprint density at radius 1 is 1.30 bits per heavy atom. The lowest BCUT2D eigenvalue weighted by Crippen LogP contribution is -2.23. The van der Waals surface area contributed by atoms with Crippen molar-refractivity contribution in [3.8, 4) is 0 Å². The van der Waals surface area contributed by atoms with Gasteiger partial charge >= 0.3 is 0 Å². The van der Waals surface area contributed by atoms with Gasteiger partial charge in [0.15, 0.2) is 0 Å². The van der Waals surface area contributed by atoms with Crippen molar-refractivity contribution < 1.29 is 8.42 Å². The highest BCUT2D eigenvalue weighted by Gasteiger charge is 2.11. The van der Waals surface area contributed by atoms with Gasteiger partial charge in [0.2, 0.25) is 10.0 Å². The van der Waals surface area contributed by atoms with Gasteiger partial charge in [0.1, 0.15) is 0 Å². The van der Waals surface area contributed by atoms with E-state index in [1.165, 1.54) is 0 Å². The maximum atomic E-state index is 11.0. The lowest BCUT2D eigenvalue weighted by molar-refractivity contribution is 0.576. The average molecular weight is 335 g/mol. The van der Waals surface area contributed by atoms with E-state index in [4.69, 9.17) is 23.2 Å². The Morgan fingerprint density at radius 3 is 2.65 bits per heavy atom. The molecule has 4 nitrogen and oxygen atoms in total. The molecule has 1 N–H and O–H groups in total. The Kier molecular flexibility index (Phi) is 4.64. The van der Waals surface area contributed by atoms with Gasteiger partial charge in [-0.15, -0.1) is 0 Å². The summed E-state index contributed by atoms with van der Waals surface area (Å²) in [4.78, 5) is 0. The fourth-order valence-electron chi connectivity index (χ4n) is 2.21. The molecule has 2 rings (SSSR count). The van der Waals surface area contributed by atoms with E-state index in [0.29, 0.717) is 29.6 Å². The fraction of sp³-hybridized carbons (Fsp3) is 0.385. The normalized spacial score (nSPS) is 12.2. The Morgan fingerprint density at radius 2 is 2.00 bits per heavy atom. The zero-order chi connectivity index (χ0) is 14.9. The van der Waals surface area contributed by atoms with E-state index >= 15 is 0 Å². The number of fused-ring (bicyclic) bond motifs is 1. The molecule has 0 unspecified atom stereocenters. The number of rotatable bonds is 5. The monoisotopic (exact) mass is 334 g/mol. The SMILES string of the molecule is Cc1cc2ccc(Cl)c(Cl)c2n1CCCNS(C)(=O)=O. The molecule has 0 fully saturated rings. The number of aromatic nitrogens is 1. The van der Waals surface area contributed by atoms with Crippen LogP contribution in [0.5, 0.6) is 0 Å². The van der Waals surface area contributed by atoms with Gasteiger partial charge in [-0.3, -0.25) is 0 Å². The minimum Gasteiger partial charge on any atom is -0.344 e. The first-order valence-corrected chi connectivity index (χ1v) is 8.83. The van der Waals surface area contributed by atoms with Crippen molar-refractivity contribution in [1.29, 1.82) is 0 Å². The summed E-state index contributed by atoms with van der Waals surface area (Å²) in [6.07, 6.45) is 1.83. The topological polar surface area (TPSA) is 51.1 Å². The van der Waals surface area contributed by atoms with Gasteiger partial charge in [0.05, 0.1) is 21.8 Å². The van der Waals surface area contributed by atoms with Crippen LogP contribution in [0.15, 0.2) is 18.2 Å². The van der Waals surface area contributed by atoms with E-state index in [0.717, 1.165) is 22.9 Å². The number of sulfonamides is 1. The lowest BCUT2D eigenvalue weighted by Gasteiger charge is -2.10. The molecule has 0 amide bonds. The van der Waals surface area contributed by atoms with Crippen LogP contribution >= 0.6 is 23.2 Å². The number of halogens is 2. The van der Waals surface area contributed by atoms with Gasteiger partial charge in [-0.2, -0.15) is 0 Å². The summed E-state index contributed by atoms with van der Waals surface area (Å²) in [7, 11) is -3.14. The standard InChI is InChI=1S/C13H16Cl2N2O2S/c1-9-8-10-4-5-11(14)12(15)13(10)17(9)7-3-6-16-20(2,18)19/h4-5,8,16H,3,6-7H2,1-2H3. The highest BCUT2D eigenvalue weighted by Crippen LogP contribution is 2.32. The molecule has 110 valence electrons. The second-order valence-electron chi connectivity index (χ2n) is 4.76. The molecule has 0 saturated heterocycles. The van der Waals surface area contributed by atoms with Crippen LogP contribution in [0.3, 0.4) is 0 Å². The summed E-state index contributed by atoms with van der Waals surface area (Å²) in [6.45, 7) is 3.07. The van der Waals surface area contributed by atoms with Crippen LogP contribution < -0.4 is 4.72 Å². The van der Waals surface area contributed by atoms with Gasteiger partial charge < -0.3 is 4.57 Å². The molecule has 0 atom stereocenters. The first kappa shape index (κ1) is 15.6. The fourth-order valence-corrected chi connectivity index (χ4v) is 3.15. The number of aryl methyl sites for hydroxylation is 2. The van der Waals surface area contributed by atoms with Gasteiger partial charge in [-0.1, -0.05) is 29.3 Å². The summed E-state index contributed by atoms with van der Waals surface area (Å²) < 4.78 is 26.6. The summed E-state index contributed by atoms with van der Waals surface area (Å²) in [5.74, 6) is 0. The number of hydrogen-bond acceptors (Lipinski definition) is 2. The van der Waals surface area contributed by atoms with Crippen LogP contribution in [0.1, 0.15) is 12.1 Å². The van der Waals surface area contributed by atoms with Gasteiger partial charge in [-0.05, 0) is 25.5 Å². The van der Waals surface area contributed by atoms with Crippen LogP contribution in [-0.2, 0) is 16.6 Å². The van der Waals surface area contributed by atoms with Crippen LogP contribution in [0.4, 0.5) is 0 Å². The van der Waals surface area contributed by atoms with Gasteiger partial charge in [-0.25, -0.2) is 13.1 Å².